The predicted molar refractivity (Wildman–Crippen MR) is 102 cm³/mol. The van der Waals surface area contributed by atoms with Crippen LogP contribution in [0.4, 0.5) is 8.78 Å². The average molecular weight is 404 g/mol. The Labute approximate surface area is 166 Å². The number of furan rings is 1. The molecule has 29 heavy (non-hydrogen) atoms. The number of hydrogen-bond donors (Lipinski definition) is 2. The SMILES string of the molecule is Cc1oc2ccc(OCc3nccn3C)cc2c1C(=O)NC1CCNCC1(F)F. The highest BCUT2D eigenvalue weighted by atomic mass is 19.3. The standard InChI is InChI=1S/C20H22F2N4O3/c1-12-18(19(27)25-16-5-6-23-11-20(16,21)22)14-9-13(3-4-15(14)29-12)28-10-17-24-7-8-26(17)2/h3-4,7-9,16,23H,5-6,10-11H2,1-2H3,(H,25,27). The maximum Gasteiger partial charge on any atom is 0.280 e. The van der Waals surface area contributed by atoms with Crippen LogP contribution in [0, 0.1) is 6.92 Å². The molecule has 1 aliphatic rings. The Balaban J connectivity index is 1.57. The van der Waals surface area contributed by atoms with Crippen LogP contribution in [0.1, 0.15) is 28.4 Å². The van der Waals surface area contributed by atoms with Gasteiger partial charge in [-0.1, -0.05) is 0 Å². The van der Waals surface area contributed by atoms with Crippen molar-refractivity contribution < 1.29 is 22.7 Å². The van der Waals surface area contributed by atoms with E-state index in [1.807, 2.05) is 17.8 Å². The molecule has 2 aromatic heterocycles. The molecule has 9 heteroatoms. The fourth-order valence-corrected chi connectivity index (χ4v) is 3.50. The summed E-state index contributed by atoms with van der Waals surface area (Å²) in [7, 11) is 1.87. The fourth-order valence-electron chi connectivity index (χ4n) is 3.50. The first-order valence-electron chi connectivity index (χ1n) is 9.37. The van der Waals surface area contributed by atoms with Crippen LogP contribution >= 0.6 is 0 Å². The summed E-state index contributed by atoms with van der Waals surface area (Å²) in [5.41, 5.74) is 0.742. The van der Waals surface area contributed by atoms with Gasteiger partial charge in [-0.15, -0.1) is 0 Å². The van der Waals surface area contributed by atoms with Gasteiger partial charge in [-0.25, -0.2) is 13.8 Å². The number of fused-ring (bicyclic) bond motifs is 1. The summed E-state index contributed by atoms with van der Waals surface area (Å²) in [5.74, 6) is -1.93. The number of alkyl halides is 2. The molecule has 1 aromatic carbocycles. The Kier molecular flexibility index (Phi) is 4.99. The first-order valence-corrected chi connectivity index (χ1v) is 9.37. The Hall–Kier alpha value is -2.94. The Morgan fingerprint density at radius 3 is 3.03 bits per heavy atom. The monoisotopic (exact) mass is 404 g/mol. The number of ether oxygens (including phenoxy) is 1. The van der Waals surface area contributed by atoms with Gasteiger partial charge < -0.3 is 24.4 Å². The molecule has 4 rings (SSSR count). The van der Waals surface area contributed by atoms with E-state index >= 15 is 0 Å². The maximum absolute atomic E-state index is 14.1. The Morgan fingerprint density at radius 1 is 1.48 bits per heavy atom. The number of aryl methyl sites for hydroxylation is 2. The third-order valence-electron chi connectivity index (χ3n) is 5.14. The van der Waals surface area contributed by atoms with Crippen molar-refractivity contribution in [3.8, 4) is 5.75 Å². The summed E-state index contributed by atoms with van der Waals surface area (Å²) in [5, 5.41) is 5.65. The van der Waals surface area contributed by atoms with Gasteiger partial charge in [0.2, 0.25) is 0 Å². The number of piperidine rings is 1. The lowest BCUT2D eigenvalue weighted by molar-refractivity contribution is -0.0487. The summed E-state index contributed by atoms with van der Waals surface area (Å²) in [6.07, 6.45) is 3.66. The van der Waals surface area contributed by atoms with Gasteiger partial charge in [0.15, 0.2) is 0 Å². The lowest BCUT2D eigenvalue weighted by Gasteiger charge is -2.32. The van der Waals surface area contributed by atoms with Crippen LogP contribution in [-0.2, 0) is 13.7 Å². The van der Waals surface area contributed by atoms with E-state index in [0.29, 0.717) is 29.0 Å². The van der Waals surface area contributed by atoms with E-state index in [4.69, 9.17) is 9.15 Å². The second-order valence-electron chi connectivity index (χ2n) is 7.19. The number of amides is 1. The minimum absolute atomic E-state index is 0.158. The van der Waals surface area contributed by atoms with E-state index in [1.54, 1.807) is 31.3 Å². The lowest BCUT2D eigenvalue weighted by Crippen LogP contribution is -2.57. The molecule has 154 valence electrons. The molecule has 3 aromatic rings. The first kappa shape index (κ1) is 19.4. The number of imidazole rings is 1. The van der Waals surface area contributed by atoms with Crippen molar-refractivity contribution in [2.24, 2.45) is 7.05 Å². The van der Waals surface area contributed by atoms with Crippen molar-refractivity contribution >= 4 is 16.9 Å². The predicted octanol–water partition coefficient (Wildman–Crippen LogP) is 2.78. The number of hydrogen-bond acceptors (Lipinski definition) is 5. The summed E-state index contributed by atoms with van der Waals surface area (Å²) in [4.78, 5) is 17.0. The highest BCUT2D eigenvalue weighted by Gasteiger charge is 2.42. The molecule has 1 amide bonds. The van der Waals surface area contributed by atoms with E-state index in [2.05, 4.69) is 15.6 Å². The summed E-state index contributed by atoms with van der Waals surface area (Å²) in [6.45, 7) is 1.88. The zero-order valence-electron chi connectivity index (χ0n) is 16.2. The minimum Gasteiger partial charge on any atom is -0.486 e. The zero-order valence-corrected chi connectivity index (χ0v) is 16.2. The smallest absolute Gasteiger partial charge is 0.280 e. The van der Waals surface area contributed by atoms with Gasteiger partial charge >= 0.3 is 0 Å². The Morgan fingerprint density at radius 2 is 2.31 bits per heavy atom. The summed E-state index contributed by atoms with van der Waals surface area (Å²) < 4.78 is 41.5. The van der Waals surface area contributed by atoms with Gasteiger partial charge in [0.1, 0.15) is 29.5 Å². The van der Waals surface area contributed by atoms with Crippen molar-refractivity contribution in [2.45, 2.75) is 31.9 Å². The molecule has 0 aliphatic carbocycles. The number of nitrogens with zero attached hydrogens (tertiary/aromatic N) is 2. The third kappa shape index (κ3) is 3.82. The largest absolute Gasteiger partial charge is 0.486 e. The van der Waals surface area contributed by atoms with Crippen molar-refractivity contribution in [1.29, 1.82) is 0 Å². The molecule has 0 bridgehead atoms. The molecule has 0 saturated carbocycles. The second-order valence-corrected chi connectivity index (χ2v) is 7.19. The molecule has 1 fully saturated rings. The molecule has 1 saturated heterocycles. The number of nitrogens with one attached hydrogen (secondary N) is 2. The zero-order chi connectivity index (χ0) is 20.6. The first-order chi connectivity index (χ1) is 13.8. The van der Waals surface area contributed by atoms with E-state index in [9.17, 15) is 13.6 Å². The molecular weight excluding hydrogens is 382 g/mol. The number of benzene rings is 1. The molecular formula is C20H22F2N4O3. The molecule has 3 heterocycles. The number of carbonyl (C=O) groups excluding carboxylic acids is 1. The average Bonchev–Trinajstić information content (AvgIpc) is 3.23. The lowest BCUT2D eigenvalue weighted by atomic mass is 10.0. The van der Waals surface area contributed by atoms with Crippen LogP contribution in [-0.4, -0.2) is 40.5 Å². The highest BCUT2D eigenvalue weighted by Crippen LogP contribution is 2.30. The fraction of sp³-hybridized carbons (Fsp3) is 0.400. The van der Waals surface area contributed by atoms with Crippen molar-refractivity contribution in [3.63, 3.8) is 0 Å². The van der Waals surface area contributed by atoms with Gasteiger partial charge in [0, 0.05) is 24.8 Å². The van der Waals surface area contributed by atoms with E-state index in [-0.39, 0.29) is 18.6 Å². The van der Waals surface area contributed by atoms with Crippen molar-refractivity contribution in [1.82, 2.24) is 20.2 Å². The topological polar surface area (TPSA) is 81.3 Å². The highest BCUT2D eigenvalue weighted by molar-refractivity contribution is 6.07. The van der Waals surface area contributed by atoms with Gasteiger partial charge in [-0.2, -0.15) is 0 Å². The normalized spacial score (nSPS) is 18.7. The minimum atomic E-state index is -3.00. The maximum atomic E-state index is 14.1. The number of aromatic nitrogens is 2. The van der Waals surface area contributed by atoms with Crippen LogP contribution in [0.2, 0.25) is 0 Å². The molecule has 0 radical (unpaired) electrons. The van der Waals surface area contributed by atoms with Crippen LogP contribution in [0.5, 0.6) is 5.75 Å². The molecule has 1 aliphatic heterocycles. The quantitative estimate of drug-likeness (QED) is 0.684. The van der Waals surface area contributed by atoms with Crippen LogP contribution in [0.25, 0.3) is 11.0 Å². The van der Waals surface area contributed by atoms with Crippen LogP contribution < -0.4 is 15.4 Å². The molecule has 7 nitrogen and oxygen atoms in total. The van der Waals surface area contributed by atoms with Crippen molar-refractivity contribution in [3.05, 3.63) is 47.7 Å². The molecule has 1 unspecified atom stereocenters. The second kappa shape index (κ2) is 7.47. The van der Waals surface area contributed by atoms with Gasteiger partial charge in [-0.3, -0.25) is 4.79 Å². The van der Waals surface area contributed by atoms with Gasteiger partial charge in [0.25, 0.3) is 11.8 Å². The third-order valence-corrected chi connectivity index (χ3v) is 5.14. The van der Waals surface area contributed by atoms with Crippen LogP contribution in [0.15, 0.2) is 35.0 Å². The summed E-state index contributed by atoms with van der Waals surface area (Å²) in [6, 6.07) is 3.90. The summed E-state index contributed by atoms with van der Waals surface area (Å²) >= 11 is 0. The van der Waals surface area contributed by atoms with E-state index < -0.39 is 24.4 Å². The van der Waals surface area contributed by atoms with Gasteiger partial charge in [0.05, 0.1) is 18.2 Å². The van der Waals surface area contributed by atoms with Gasteiger partial charge in [-0.05, 0) is 38.1 Å². The number of halogens is 2. The van der Waals surface area contributed by atoms with Crippen LogP contribution in [0.3, 0.4) is 0 Å². The molecule has 0 spiro atoms. The van der Waals surface area contributed by atoms with E-state index in [0.717, 1.165) is 5.82 Å². The van der Waals surface area contributed by atoms with Crippen molar-refractivity contribution in [2.75, 3.05) is 13.1 Å². The Bertz CT molecular complexity index is 1040. The molecule has 1 atom stereocenters. The number of carbonyl (C=O) groups is 1. The molecule has 2 N–H and O–H groups in total. The number of rotatable bonds is 5. The van der Waals surface area contributed by atoms with E-state index in [1.165, 1.54) is 0 Å².